The number of nitrogens with one attached hydrogen (secondary N) is 1. The van der Waals surface area contributed by atoms with Crippen LogP contribution < -0.4 is 10.1 Å². The van der Waals surface area contributed by atoms with Crippen LogP contribution in [-0.4, -0.2) is 29.1 Å². The number of aliphatic carboxylic acids is 1. The first-order valence-electron chi connectivity index (χ1n) is 7.09. The van der Waals surface area contributed by atoms with Gasteiger partial charge in [0.05, 0.1) is 5.56 Å². The monoisotopic (exact) mass is 304 g/mol. The van der Waals surface area contributed by atoms with Crippen molar-refractivity contribution in [2.75, 3.05) is 0 Å². The Balaban J connectivity index is 2.76. The van der Waals surface area contributed by atoms with E-state index >= 15 is 0 Å². The van der Waals surface area contributed by atoms with Crippen molar-refractivity contribution in [1.82, 2.24) is 5.32 Å². The van der Waals surface area contributed by atoms with E-state index in [0.29, 0.717) is 17.7 Å². The lowest BCUT2D eigenvalue weighted by Crippen LogP contribution is -2.49. The fourth-order valence-corrected chi connectivity index (χ4v) is 1.86. The van der Waals surface area contributed by atoms with Crippen molar-refractivity contribution in [3.63, 3.8) is 0 Å². The molecule has 0 saturated heterocycles. The average Bonchev–Trinajstić information content (AvgIpc) is 2.51. The van der Waals surface area contributed by atoms with Crippen molar-refractivity contribution in [3.05, 3.63) is 29.8 Å². The maximum absolute atomic E-state index is 12.1. The lowest BCUT2D eigenvalue weighted by atomic mass is 9.99. The molecule has 1 aromatic rings. The van der Waals surface area contributed by atoms with Crippen molar-refractivity contribution in [1.29, 1.82) is 5.26 Å². The van der Waals surface area contributed by atoms with Crippen molar-refractivity contribution >= 4 is 11.9 Å². The van der Waals surface area contributed by atoms with E-state index in [1.807, 2.05) is 13.0 Å². The number of carboxylic acid groups (broad SMARTS) is 1. The second kappa shape index (κ2) is 8.03. The minimum absolute atomic E-state index is 0.194. The zero-order chi connectivity index (χ0) is 16.7. The van der Waals surface area contributed by atoms with Crippen LogP contribution >= 0.6 is 0 Å². The summed E-state index contributed by atoms with van der Waals surface area (Å²) in [7, 11) is 0. The number of hydrogen-bond acceptors (Lipinski definition) is 4. The summed E-state index contributed by atoms with van der Waals surface area (Å²) in [5.74, 6) is -1.50. The van der Waals surface area contributed by atoms with Gasteiger partial charge in [-0.15, -0.1) is 0 Å². The van der Waals surface area contributed by atoms with E-state index in [1.165, 1.54) is 6.92 Å². The zero-order valence-electron chi connectivity index (χ0n) is 12.9. The Kier molecular flexibility index (Phi) is 6.39. The van der Waals surface area contributed by atoms with E-state index in [-0.39, 0.29) is 5.92 Å². The number of nitriles is 1. The number of hydrogen-bond donors (Lipinski definition) is 2. The predicted octanol–water partition coefficient (Wildman–Crippen LogP) is 1.94. The largest absolute Gasteiger partial charge is 0.480 e. The van der Waals surface area contributed by atoms with Gasteiger partial charge in [0.15, 0.2) is 6.10 Å². The van der Waals surface area contributed by atoms with Crippen molar-refractivity contribution < 1.29 is 19.4 Å². The van der Waals surface area contributed by atoms with Gasteiger partial charge in [-0.05, 0) is 25.0 Å². The van der Waals surface area contributed by atoms with E-state index in [4.69, 9.17) is 10.00 Å². The molecule has 0 heterocycles. The smallest absolute Gasteiger partial charge is 0.326 e. The van der Waals surface area contributed by atoms with Crippen molar-refractivity contribution in [3.8, 4) is 11.8 Å². The summed E-state index contributed by atoms with van der Waals surface area (Å²) in [5.41, 5.74) is 0.318. The average molecular weight is 304 g/mol. The molecule has 0 radical (unpaired) electrons. The molecule has 3 atom stereocenters. The molecule has 2 N–H and O–H groups in total. The summed E-state index contributed by atoms with van der Waals surface area (Å²) in [4.78, 5) is 23.3. The Morgan fingerprint density at radius 3 is 2.55 bits per heavy atom. The van der Waals surface area contributed by atoms with Crippen LogP contribution in [0.4, 0.5) is 0 Å². The highest BCUT2D eigenvalue weighted by atomic mass is 16.5. The van der Waals surface area contributed by atoms with E-state index in [2.05, 4.69) is 5.32 Å². The van der Waals surface area contributed by atoms with Gasteiger partial charge < -0.3 is 15.2 Å². The molecule has 0 aliphatic carbocycles. The quantitative estimate of drug-likeness (QED) is 0.802. The first kappa shape index (κ1) is 17.5. The molecule has 0 bridgehead atoms. The molecule has 22 heavy (non-hydrogen) atoms. The van der Waals surface area contributed by atoms with Crippen LogP contribution in [0.1, 0.15) is 32.8 Å². The molecule has 0 aliphatic rings. The lowest BCUT2D eigenvalue weighted by Gasteiger charge is -2.22. The number of ether oxygens (including phenoxy) is 1. The molecule has 6 nitrogen and oxygen atoms in total. The van der Waals surface area contributed by atoms with E-state index in [9.17, 15) is 14.7 Å². The maximum Gasteiger partial charge on any atom is 0.326 e. The Morgan fingerprint density at radius 2 is 2.00 bits per heavy atom. The summed E-state index contributed by atoms with van der Waals surface area (Å²) in [6.07, 6.45) is -0.274. The number of rotatable bonds is 7. The summed E-state index contributed by atoms with van der Waals surface area (Å²) in [5, 5.41) is 20.6. The zero-order valence-corrected chi connectivity index (χ0v) is 12.9. The van der Waals surface area contributed by atoms with Crippen LogP contribution in [0.15, 0.2) is 24.3 Å². The fourth-order valence-electron chi connectivity index (χ4n) is 1.86. The second-order valence-electron chi connectivity index (χ2n) is 5.08. The molecule has 1 rings (SSSR count). The minimum atomic E-state index is -1.08. The molecular weight excluding hydrogens is 284 g/mol. The standard InChI is InChI=1S/C16H20N2O4/c1-4-10(2)14(16(20)21)18-15(19)11(3)22-13-8-6-5-7-12(13)9-17/h5-8,10-11,14H,4H2,1-3H3,(H,18,19)(H,20,21)/t10-,11?,14-/m0/s1. The van der Waals surface area contributed by atoms with Gasteiger partial charge in [0.2, 0.25) is 0 Å². The number of para-hydroxylation sites is 1. The topological polar surface area (TPSA) is 99.4 Å². The number of carboxylic acids is 1. The Bertz CT molecular complexity index is 580. The molecule has 0 spiro atoms. The van der Waals surface area contributed by atoms with Gasteiger partial charge in [0.25, 0.3) is 5.91 Å². The molecule has 0 fully saturated rings. The highest BCUT2D eigenvalue weighted by Gasteiger charge is 2.28. The summed E-state index contributed by atoms with van der Waals surface area (Å²) < 4.78 is 5.46. The van der Waals surface area contributed by atoms with E-state index in [1.54, 1.807) is 31.2 Å². The number of carbonyl (C=O) groups is 2. The molecule has 1 unspecified atom stereocenters. The Labute approximate surface area is 129 Å². The van der Waals surface area contributed by atoms with Gasteiger partial charge in [-0.1, -0.05) is 32.4 Å². The van der Waals surface area contributed by atoms with Gasteiger partial charge in [-0.25, -0.2) is 4.79 Å². The first-order chi connectivity index (χ1) is 10.4. The van der Waals surface area contributed by atoms with Crippen LogP contribution in [0.25, 0.3) is 0 Å². The molecule has 0 saturated carbocycles. The third kappa shape index (κ3) is 4.48. The molecule has 1 aromatic carbocycles. The third-order valence-electron chi connectivity index (χ3n) is 3.46. The number of amides is 1. The molecule has 6 heteroatoms. The van der Waals surface area contributed by atoms with Crippen LogP contribution in [0.2, 0.25) is 0 Å². The van der Waals surface area contributed by atoms with Crippen LogP contribution in [0.5, 0.6) is 5.75 Å². The van der Waals surface area contributed by atoms with Gasteiger partial charge in [0.1, 0.15) is 17.9 Å². The van der Waals surface area contributed by atoms with Gasteiger partial charge in [-0.2, -0.15) is 5.26 Å². The third-order valence-corrected chi connectivity index (χ3v) is 3.46. The molecular formula is C16H20N2O4. The van der Waals surface area contributed by atoms with Crippen LogP contribution in [-0.2, 0) is 9.59 Å². The van der Waals surface area contributed by atoms with Crippen molar-refractivity contribution in [2.24, 2.45) is 5.92 Å². The Hall–Kier alpha value is -2.55. The second-order valence-corrected chi connectivity index (χ2v) is 5.08. The summed E-state index contributed by atoms with van der Waals surface area (Å²) in [6, 6.07) is 7.57. The number of benzene rings is 1. The van der Waals surface area contributed by atoms with Gasteiger partial charge >= 0.3 is 5.97 Å². The van der Waals surface area contributed by atoms with E-state index < -0.39 is 24.0 Å². The summed E-state index contributed by atoms with van der Waals surface area (Å²) in [6.45, 7) is 5.13. The maximum atomic E-state index is 12.1. The molecule has 1 amide bonds. The normalized spacial score (nSPS) is 14.3. The molecule has 0 aromatic heterocycles. The summed E-state index contributed by atoms with van der Waals surface area (Å²) >= 11 is 0. The van der Waals surface area contributed by atoms with Gasteiger partial charge in [0, 0.05) is 0 Å². The van der Waals surface area contributed by atoms with Crippen LogP contribution in [0, 0.1) is 17.2 Å². The SMILES string of the molecule is CC[C@H](C)[C@H](NC(=O)C(C)Oc1ccccc1C#N)C(=O)O. The first-order valence-corrected chi connectivity index (χ1v) is 7.09. The number of nitrogens with zero attached hydrogens (tertiary/aromatic N) is 1. The highest BCUT2D eigenvalue weighted by molar-refractivity contribution is 5.86. The highest BCUT2D eigenvalue weighted by Crippen LogP contribution is 2.18. The van der Waals surface area contributed by atoms with Crippen LogP contribution in [0.3, 0.4) is 0 Å². The lowest BCUT2D eigenvalue weighted by molar-refractivity contribution is -0.144. The molecule has 118 valence electrons. The van der Waals surface area contributed by atoms with Gasteiger partial charge in [-0.3, -0.25) is 4.79 Å². The molecule has 0 aliphatic heterocycles. The number of carbonyl (C=O) groups excluding carboxylic acids is 1. The Morgan fingerprint density at radius 1 is 1.36 bits per heavy atom. The predicted molar refractivity (Wildman–Crippen MR) is 80.3 cm³/mol. The fraction of sp³-hybridized carbons (Fsp3) is 0.438. The minimum Gasteiger partial charge on any atom is -0.480 e. The van der Waals surface area contributed by atoms with Crippen molar-refractivity contribution in [2.45, 2.75) is 39.3 Å². The van der Waals surface area contributed by atoms with E-state index in [0.717, 1.165) is 0 Å².